The van der Waals surface area contributed by atoms with Gasteiger partial charge in [0.05, 0.1) is 17.7 Å². The monoisotopic (exact) mass is 369 g/mol. The molecule has 0 saturated carbocycles. The van der Waals surface area contributed by atoms with Crippen molar-refractivity contribution in [3.63, 3.8) is 0 Å². The molecule has 0 fully saturated rings. The maximum absolute atomic E-state index is 12.4. The second-order valence-electron chi connectivity index (χ2n) is 4.70. The third-order valence-corrected chi connectivity index (χ3v) is 4.97. The van der Waals surface area contributed by atoms with Crippen LogP contribution in [0.1, 0.15) is 11.1 Å². The number of methoxy groups -OCH3 is 1. The number of ether oxygens (including phenoxy) is 1. The highest BCUT2D eigenvalue weighted by atomic mass is 79.9. The lowest BCUT2D eigenvalue weighted by molar-refractivity contribution is 0.411. The van der Waals surface area contributed by atoms with Crippen molar-refractivity contribution in [3.8, 4) is 5.75 Å². The van der Waals surface area contributed by atoms with Gasteiger partial charge in [-0.1, -0.05) is 15.9 Å². The average molecular weight is 370 g/mol. The zero-order valence-electron chi connectivity index (χ0n) is 12.0. The van der Waals surface area contributed by atoms with Crippen molar-refractivity contribution in [2.75, 3.05) is 11.8 Å². The van der Waals surface area contributed by atoms with Crippen molar-refractivity contribution >= 4 is 31.6 Å². The van der Waals surface area contributed by atoms with Gasteiger partial charge < -0.3 is 4.74 Å². The summed E-state index contributed by atoms with van der Waals surface area (Å²) in [7, 11) is -2.06. The van der Waals surface area contributed by atoms with Gasteiger partial charge in [-0.25, -0.2) is 8.42 Å². The first-order valence-corrected chi connectivity index (χ1v) is 8.55. The van der Waals surface area contributed by atoms with Gasteiger partial charge in [0.15, 0.2) is 0 Å². The van der Waals surface area contributed by atoms with Gasteiger partial charge in [0, 0.05) is 4.47 Å². The summed E-state index contributed by atoms with van der Waals surface area (Å²) >= 11 is 3.36. The number of benzene rings is 2. The number of halogens is 1. The molecule has 0 amide bonds. The fourth-order valence-corrected chi connectivity index (χ4v) is 3.65. The van der Waals surface area contributed by atoms with E-state index < -0.39 is 10.0 Å². The molecule has 2 rings (SSSR count). The standard InChI is InChI=1S/C15H16BrNO3S/c1-10-8-12(16)4-6-14(10)17-21(18,19)13-5-7-15(20-3)11(2)9-13/h4-9,17H,1-3H3. The molecule has 1 N–H and O–H groups in total. The van der Waals surface area contributed by atoms with Crippen LogP contribution < -0.4 is 9.46 Å². The third-order valence-electron chi connectivity index (χ3n) is 3.11. The van der Waals surface area contributed by atoms with Crippen LogP contribution in [0, 0.1) is 13.8 Å². The van der Waals surface area contributed by atoms with Crippen LogP contribution in [0.25, 0.3) is 0 Å². The Morgan fingerprint density at radius 1 is 1.05 bits per heavy atom. The lowest BCUT2D eigenvalue weighted by Crippen LogP contribution is -2.14. The fraction of sp³-hybridized carbons (Fsp3) is 0.200. The molecule has 0 heterocycles. The number of hydrogen-bond donors (Lipinski definition) is 1. The van der Waals surface area contributed by atoms with Crippen LogP contribution in [0.3, 0.4) is 0 Å². The highest BCUT2D eigenvalue weighted by Crippen LogP contribution is 2.25. The summed E-state index contributed by atoms with van der Waals surface area (Å²) in [6.45, 7) is 3.66. The molecular formula is C15H16BrNO3S. The molecule has 0 atom stereocenters. The molecule has 0 aliphatic heterocycles. The third kappa shape index (κ3) is 3.57. The molecule has 0 spiro atoms. The van der Waals surface area contributed by atoms with Crippen molar-refractivity contribution in [1.29, 1.82) is 0 Å². The van der Waals surface area contributed by atoms with Crippen molar-refractivity contribution in [1.82, 2.24) is 0 Å². The van der Waals surface area contributed by atoms with Crippen molar-refractivity contribution in [2.24, 2.45) is 0 Å². The normalized spacial score (nSPS) is 11.2. The molecule has 2 aromatic carbocycles. The maximum atomic E-state index is 12.4. The van der Waals surface area contributed by atoms with E-state index in [1.807, 2.05) is 19.9 Å². The largest absolute Gasteiger partial charge is 0.496 e. The first-order valence-electron chi connectivity index (χ1n) is 6.27. The van der Waals surface area contributed by atoms with Crippen LogP contribution in [-0.4, -0.2) is 15.5 Å². The van der Waals surface area contributed by atoms with Crippen molar-refractivity contribution in [2.45, 2.75) is 18.7 Å². The highest BCUT2D eigenvalue weighted by molar-refractivity contribution is 9.10. The summed E-state index contributed by atoms with van der Waals surface area (Å²) in [5.41, 5.74) is 2.18. The zero-order valence-corrected chi connectivity index (χ0v) is 14.4. The molecular weight excluding hydrogens is 354 g/mol. The van der Waals surface area contributed by atoms with Crippen LogP contribution in [0.15, 0.2) is 45.8 Å². The van der Waals surface area contributed by atoms with Gasteiger partial charge in [-0.05, 0) is 61.4 Å². The second-order valence-corrected chi connectivity index (χ2v) is 7.29. The van der Waals surface area contributed by atoms with E-state index in [2.05, 4.69) is 20.7 Å². The summed E-state index contributed by atoms with van der Waals surface area (Å²) in [4.78, 5) is 0.211. The van der Waals surface area contributed by atoms with Gasteiger partial charge in [0.2, 0.25) is 0 Å². The Labute approximate surface area is 133 Å². The highest BCUT2D eigenvalue weighted by Gasteiger charge is 2.16. The lowest BCUT2D eigenvalue weighted by atomic mass is 10.2. The van der Waals surface area contributed by atoms with Crippen molar-refractivity contribution < 1.29 is 13.2 Å². The van der Waals surface area contributed by atoms with Gasteiger partial charge in [0.25, 0.3) is 10.0 Å². The van der Waals surface area contributed by atoms with Gasteiger partial charge in [-0.15, -0.1) is 0 Å². The quantitative estimate of drug-likeness (QED) is 0.889. The van der Waals surface area contributed by atoms with Crippen LogP contribution in [0.4, 0.5) is 5.69 Å². The van der Waals surface area contributed by atoms with E-state index in [-0.39, 0.29) is 4.90 Å². The van der Waals surface area contributed by atoms with Crippen molar-refractivity contribution in [3.05, 3.63) is 52.0 Å². The van der Waals surface area contributed by atoms with Gasteiger partial charge >= 0.3 is 0 Å². The Hall–Kier alpha value is -1.53. The molecule has 4 nitrogen and oxygen atoms in total. The van der Waals surface area contributed by atoms with Gasteiger partial charge in [-0.2, -0.15) is 0 Å². The number of rotatable bonds is 4. The van der Waals surface area contributed by atoms with Crippen LogP contribution in [0.5, 0.6) is 5.75 Å². The number of hydrogen-bond acceptors (Lipinski definition) is 3. The van der Waals surface area contributed by atoms with E-state index in [0.717, 1.165) is 15.6 Å². The molecule has 0 aliphatic carbocycles. The summed E-state index contributed by atoms with van der Waals surface area (Å²) in [5, 5.41) is 0. The number of aryl methyl sites for hydroxylation is 2. The zero-order chi connectivity index (χ0) is 15.6. The summed E-state index contributed by atoms with van der Waals surface area (Å²) < 4.78 is 33.5. The molecule has 0 saturated heterocycles. The Bertz CT molecular complexity index is 772. The predicted octanol–water partition coefficient (Wildman–Crippen LogP) is 3.88. The summed E-state index contributed by atoms with van der Waals surface area (Å²) in [5.74, 6) is 0.661. The van der Waals surface area contributed by atoms with Gasteiger partial charge in [-0.3, -0.25) is 4.72 Å². The van der Waals surface area contributed by atoms with Crippen LogP contribution in [-0.2, 0) is 10.0 Å². The average Bonchev–Trinajstić information content (AvgIpc) is 2.42. The molecule has 0 aromatic heterocycles. The number of nitrogens with one attached hydrogen (secondary N) is 1. The molecule has 0 radical (unpaired) electrons. The van der Waals surface area contributed by atoms with E-state index in [4.69, 9.17) is 4.74 Å². The molecule has 0 unspecified atom stereocenters. The topological polar surface area (TPSA) is 55.4 Å². The van der Waals surface area contributed by atoms with Gasteiger partial charge in [0.1, 0.15) is 5.75 Å². The molecule has 112 valence electrons. The smallest absolute Gasteiger partial charge is 0.261 e. The Morgan fingerprint density at radius 3 is 2.33 bits per heavy atom. The molecule has 0 aliphatic rings. The Morgan fingerprint density at radius 2 is 1.76 bits per heavy atom. The number of anilines is 1. The van der Waals surface area contributed by atoms with E-state index in [1.54, 1.807) is 31.4 Å². The molecule has 6 heteroatoms. The lowest BCUT2D eigenvalue weighted by Gasteiger charge is -2.12. The minimum atomic E-state index is -3.62. The first-order chi connectivity index (χ1) is 9.83. The van der Waals surface area contributed by atoms with E-state index in [1.165, 1.54) is 6.07 Å². The van der Waals surface area contributed by atoms with E-state index in [0.29, 0.717) is 11.4 Å². The maximum Gasteiger partial charge on any atom is 0.261 e. The summed E-state index contributed by atoms with van der Waals surface area (Å²) in [6, 6.07) is 10.2. The molecule has 0 bridgehead atoms. The fourth-order valence-electron chi connectivity index (χ4n) is 1.96. The minimum Gasteiger partial charge on any atom is -0.496 e. The Kier molecular flexibility index (Phi) is 4.58. The van der Waals surface area contributed by atoms with E-state index in [9.17, 15) is 8.42 Å². The first kappa shape index (κ1) is 15.9. The summed E-state index contributed by atoms with van der Waals surface area (Å²) in [6.07, 6.45) is 0. The van der Waals surface area contributed by atoms with E-state index >= 15 is 0 Å². The second kappa shape index (κ2) is 6.07. The SMILES string of the molecule is COc1ccc(S(=O)(=O)Nc2ccc(Br)cc2C)cc1C. The number of sulfonamides is 1. The van der Waals surface area contributed by atoms with Crippen LogP contribution >= 0.6 is 15.9 Å². The Balaban J connectivity index is 2.36. The predicted molar refractivity (Wildman–Crippen MR) is 87.4 cm³/mol. The molecule has 21 heavy (non-hydrogen) atoms. The van der Waals surface area contributed by atoms with Crippen LogP contribution in [0.2, 0.25) is 0 Å². The molecule has 2 aromatic rings. The minimum absolute atomic E-state index is 0.211.